The lowest BCUT2D eigenvalue weighted by Crippen LogP contribution is -2.25. The maximum absolute atomic E-state index is 12.9. The first-order valence-corrected chi connectivity index (χ1v) is 9.05. The van der Waals surface area contributed by atoms with Gasteiger partial charge in [-0.05, 0) is 25.5 Å². The standard InChI is InChI=1S/C17H16Cl2F3N3O4/c1-3-9-12(7-13(26)28-4-2)25(16(23)27)24-15(9)29-14-10(18)5-8(6-11(14)19)17(20,21)22/h5-6H,3-4,7H2,1-2H3,(H2,23,27). The van der Waals surface area contributed by atoms with Gasteiger partial charge in [0.25, 0.3) is 0 Å². The topological polar surface area (TPSA) is 96.4 Å². The molecular weight excluding hydrogens is 438 g/mol. The molecule has 0 spiro atoms. The number of hydrogen-bond acceptors (Lipinski definition) is 5. The Kier molecular flexibility index (Phi) is 7.02. The second-order valence-electron chi connectivity index (χ2n) is 5.68. The van der Waals surface area contributed by atoms with Crippen molar-refractivity contribution in [1.29, 1.82) is 0 Å². The zero-order chi connectivity index (χ0) is 21.9. The van der Waals surface area contributed by atoms with Crippen LogP contribution in [0.5, 0.6) is 11.6 Å². The third-order valence-corrected chi connectivity index (χ3v) is 4.32. The van der Waals surface area contributed by atoms with Gasteiger partial charge in [-0.25, -0.2) is 4.79 Å². The van der Waals surface area contributed by atoms with E-state index in [9.17, 15) is 22.8 Å². The number of alkyl halides is 3. The molecule has 2 N–H and O–H groups in total. The molecule has 0 saturated heterocycles. The number of nitrogens with zero attached hydrogens (tertiary/aromatic N) is 2. The molecule has 2 aromatic rings. The minimum Gasteiger partial charge on any atom is -0.466 e. The highest BCUT2D eigenvalue weighted by Crippen LogP contribution is 2.42. The molecule has 2 rings (SSSR count). The fraction of sp³-hybridized carbons (Fsp3) is 0.353. The van der Waals surface area contributed by atoms with Gasteiger partial charge in [0, 0.05) is 5.56 Å². The number of benzene rings is 1. The van der Waals surface area contributed by atoms with E-state index < -0.39 is 33.8 Å². The summed E-state index contributed by atoms with van der Waals surface area (Å²) < 4.78 is 49.8. The predicted molar refractivity (Wildman–Crippen MR) is 98.5 cm³/mol. The van der Waals surface area contributed by atoms with Crippen molar-refractivity contribution in [1.82, 2.24) is 9.78 Å². The van der Waals surface area contributed by atoms with Gasteiger partial charge in [-0.3, -0.25) is 4.79 Å². The number of nitrogens with two attached hydrogens (primary N) is 1. The van der Waals surface area contributed by atoms with Crippen LogP contribution in [0, 0.1) is 0 Å². The number of rotatable bonds is 6. The van der Waals surface area contributed by atoms with Gasteiger partial charge in [-0.2, -0.15) is 17.9 Å². The van der Waals surface area contributed by atoms with E-state index in [1.807, 2.05) is 0 Å². The molecule has 0 radical (unpaired) electrons. The molecule has 1 aromatic carbocycles. The van der Waals surface area contributed by atoms with Gasteiger partial charge in [-0.15, -0.1) is 5.10 Å². The Bertz CT molecular complexity index is 922. The summed E-state index contributed by atoms with van der Waals surface area (Å²) in [5, 5.41) is 3.10. The van der Waals surface area contributed by atoms with Crippen LogP contribution in [0.4, 0.5) is 18.0 Å². The van der Waals surface area contributed by atoms with Crippen molar-refractivity contribution in [3.8, 4) is 11.6 Å². The molecule has 1 heterocycles. The molecule has 0 fully saturated rings. The molecule has 0 unspecified atom stereocenters. The summed E-state index contributed by atoms with van der Waals surface area (Å²) in [6.45, 7) is 3.44. The summed E-state index contributed by atoms with van der Waals surface area (Å²) in [4.78, 5) is 23.6. The molecule has 0 atom stereocenters. The van der Waals surface area contributed by atoms with Crippen LogP contribution < -0.4 is 10.5 Å². The van der Waals surface area contributed by atoms with Crippen LogP contribution in [-0.4, -0.2) is 28.4 Å². The zero-order valence-corrected chi connectivity index (χ0v) is 16.8. The lowest BCUT2D eigenvalue weighted by molar-refractivity contribution is -0.142. The highest BCUT2D eigenvalue weighted by molar-refractivity contribution is 6.37. The van der Waals surface area contributed by atoms with Crippen LogP contribution in [0.1, 0.15) is 30.7 Å². The fourth-order valence-electron chi connectivity index (χ4n) is 2.53. The lowest BCUT2D eigenvalue weighted by atomic mass is 10.1. The van der Waals surface area contributed by atoms with Gasteiger partial charge in [-0.1, -0.05) is 30.1 Å². The Hall–Kier alpha value is -2.46. The Morgan fingerprint density at radius 2 is 1.79 bits per heavy atom. The summed E-state index contributed by atoms with van der Waals surface area (Å²) in [5.41, 5.74) is 4.70. The Morgan fingerprint density at radius 3 is 2.24 bits per heavy atom. The monoisotopic (exact) mass is 453 g/mol. The number of amides is 1. The SMILES string of the molecule is CCOC(=O)Cc1c(CC)c(Oc2c(Cl)cc(C(F)(F)F)cc2Cl)nn1C(N)=O. The van der Waals surface area contributed by atoms with Gasteiger partial charge in [0.1, 0.15) is 0 Å². The van der Waals surface area contributed by atoms with Crippen LogP contribution in [0.25, 0.3) is 0 Å². The second kappa shape index (κ2) is 8.91. The first-order chi connectivity index (χ1) is 13.5. The van der Waals surface area contributed by atoms with Crippen molar-refractivity contribution in [2.24, 2.45) is 5.73 Å². The number of carbonyl (C=O) groups excluding carboxylic acids is 2. The molecule has 1 aromatic heterocycles. The maximum atomic E-state index is 12.9. The van der Waals surface area contributed by atoms with Crippen molar-refractivity contribution in [2.45, 2.75) is 32.9 Å². The van der Waals surface area contributed by atoms with Crippen molar-refractivity contribution in [3.05, 3.63) is 39.0 Å². The number of esters is 1. The van der Waals surface area contributed by atoms with E-state index >= 15 is 0 Å². The van der Waals surface area contributed by atoms with Gasteiger partial charge in [0.05, 0.1) is 34.3 Å². The normalized spacial score (nSPS) is 11.4. The maximum Gasteiger partial charge on any atom is 0.416 e. The Balaban J connectivity index is 2.51. The third kappa shape index (κ3) is 5.13. The second-order valence-corrected chi connectivity index (χ2v) is 6.50. The Morgan fingerprint density at radius 1 is 1.21 bits per heavy atom. The quantitative estimate of drug-likeness (QED) is 0.644. The van der Waals surface area contributed by atoms with E-state index in [0.29, 0.717) is 17.7 Å². The molecule has 0 saturated carbocycles. The van der Waals surface area contributed by atoms with Crippen LogP contribution >= 0.6 is 23.2 Å². The van der Waals surface area contributed by atoms with Crippen molar-refractivity contribution in [2.75, 3.05) is 6.61 Å². The smallest absolute Gasteiger partial charge is 0.416 e. The minimum atomic E-state index is -4.65. The first kappa shape index (κ1) is 22.8. The van der Waals surface area contributed by atoms with Crippen molar-refractivity contribution < 1.29 is 32.2 Å². The minimum absolute atomic E-state index is 0.130. The van der Waals surface area contributed by atoms with E-state index in [0.717, 1.165) is 4.68 Å². The molecule has 158 valence electrons. The molecule has 7 nitrogen and oxygen atoms in total. The van der Waals surface area contributed by atoms with E-state index in [1.165, 1.54) is 0 Å². The lowest BCUT2D eigenvalue weighted by Gasteiger charge is -2.12. The number of aromatic nitrogens is 2. The van der Waals surface area contributed by atoms with Crippen LogP contribution in [0.3, 0.4) is 0 Å². The van der Waals surface area contributed by atoms with E-state index in [1.54, 1.807) is 13.8 Å². The van der Waals surface area contributed by atoms with Gasteiger partial charge < -0.3 is 15.2 Å². The van der Waals surface area contributed by atoms with E-state index in [4.69, 9.17) is 38.4 Å². The molecule has 29 heavy (non-hydrogen) atoms. The summed E-state index contributed by atoms with van der Waals surface area (Å²) in [5.74, 6) is -1.08. The molecule has 0 bridgehead atoms. The zero-order valence-electron chi connectivity index (χ0n) is 15.3. The van der Waals surface area contributed by atoms with Gasteiger partial charge in [0.2, 0.25) is 5.88 Å². The van der Waals surface area contributed by atoms with E-state index in [2.05, 4.69) is 5.10 Å². The number of halogens is 5. The highest BCUT2D eigenvalue weighted by Gasteiger charge is 2.33. The van der Waals surface area contributed by atoms with Gasteiger partial charge in [0.15, 0.2) is 5.75 Å². The number of ether oxygens (including phenoxy) is 2. The first-order valence-electron chi connectivity index (χ1n) is 8.29. The summed E-state index contributed by atoms with van der Waals surface area (Å²) in [6.07, 6.45) is -4.71. The number of primary amides is 1. The fourth-order valence-corrected chi connectivity index (χ4v) is 3.09. The molecule has 0 aliphatic carbocycles. The largest absolute Gasteiger partial charge is 0.466 e. The van der Waals surface area contributed by atoms with Gasteiger partial charge >= 0.3 is 18.2 Å². The summed E-state index contributed by atoms with van der Waals surface area (Å²) in [7, 11) is 0. The van der Waals surface area contributed by atoms with Crippen molar-refractivity contribution in [3.63, 3.8) is 0 Å². The molecule has 12 heteroatoms. The highest BCUT2D eigenvalue weighted by atomic mass is 35.5. The van der Waals surface area contributed by atoms with Crippen LogP contribution in [-0.2, 0) is 28.5 Å². The number of carbonyl (C=O) groups is 2. The molecular formula is C17H16Cl2F3N3O4. The van der Waals surface area contributed by atoms with Crippen LogP contribution in [0.2, 0.25) is 10.0 Å². The molecule has 0 aliphatic rings. The van der Waals surface area contributed by atoms with Crippen molar-refractivity contribution >= 4 is 35.2 Å². The number of hydrogen-bond donors (Lipinski definition) is 1. The average molecular weight is 454 g/mol. The third-order valence-electron chi connectivity index (χ3n) is 3.76. The average Bonchev–Trinajstić information content (AvgIpc) is 2.94. The summed E-state index contributed by atoms with van der Waals surface area (Å²) in [6, 6.07) is 0.316. The molecule has 0 aliphatic heterocycles. The Labute approximate surface area is 173 Å². The predicted octanol–water partition coefficient (Wildman–Crippen LogP) is 4.60. The molecule has 1 amide bonds. The van der Waals surface area contributed by atoms with Crippen LogP contribution in [0.15, 0.2) is 12.1 Å². The van der Waals surface area contributed by atoms with E-state index in [-0.39, 0.29) is 36.8 Å². The summed E-state index contributed by atoms with van der Waals surface area (Å²) >= 11 is 11.8.